The topological polar surface area (TPSA) is 51.6 Å². The second-order valence-corrected chi connectivity index (χ2v) is 14.0. The molecule has 248 valence electrons. The molecule has 0 saturated heterocycles. The molecular formula is C48H30N4S. The molecule has 0 saturated carbocycles. The zero-order valence-corrected chi connectivity index (χ0v) is 29.3. The number of hydrogen-bond donors (Lipinski definition) is 0. The van der Waals surface area contributed by atoms with Crippen LogP contribution in [-0.4, -0.2) is 19.9 Å². The molecule has 10 aromatic rings. The summed E-state index contributed by atoms with van der Waals surface area (Å²) in [5, 5.41) is 5.70. The third-order valence-electron chi connectivity index (χ3n) is 9.77. The molecule has 2 heterocycles. The number of aromatic nitrogens is 4. The van der Waals surface area contributed by atoms with E-state index in [9.17, 15) is 0 Å². The summed E-state index contributed by atoms with van der Waals surface area (Å²) in [7, 11) is 0. The van der Waals surface area contributed by atoms with Crippen LogP contribution in [0.4, 0.5) is 0 Å². The molecule has 2 aromatic heterocycles. The lowest BCUT2D eigenvalue weighted by molar-refractivity contribution is 1.07. The van der Waals surface area contributed by atoms with Crippen molar-refractivity contribution in [2.75, 3.05) is 0 Å². The predicted molar refractivity (Wildman–Crippen MR) is 221 cm³/mol. The molecule has 0 aliphatic rings. The highest BCUT2D eigenvalue weighted by Crippen LogP contribution is 2.41. The zero-order valence-electron chi connectivity index (χ0n) is 28.5. The first kappa shape index (κ1) is 31.0. The van der Waals surface area contributed by atoms with Crippen molar-refractivity contribution in [2.24, 2.45) is 0 Å². The highest BCUT2D eigenvalue weighted by Gasteiger charge is 2.19. The lowest BCUT2D eigenvalue weighted by Gasteiger charge is -2.15. The van der Waals surface area contributed by atoms with Gasteiger partial charge in [0, 0.05) is 27.6 Å². The van der Waals surface area contributed by atoms with E-state index < -0.39 is 0 Å². The average molecular weight is 695 g/mol. The van der Waals surface area contributed by atoms with Gasteiger partial charge in [-0.05, 0) is 50.5 Å². The Labute approximate surface area is 310 Å². The summed E-state index contributed by atoms with van der Waals surface area (Å²) in [5.74, 6) is 1.88. The van der Waals surface area contributed by atoms with E-state index in [0.29, 0.717) is 17.5 Å². The van der Waals surface area contributed by atoms with Crippen LogP contribution in [0.15, 0.2) is 182 Å². The monoisotopic (exact) mass is 694 g/mol. The molecule has 0 aliphatic carbocycles. The van der Waals surface area contributed by atoms with Gasteiger partial charge in [-0.25, -0.2) is 19.9 Å². The van der Waals surface area contributed by atoms with E-state index in [1.54, 1.807) is 11.3 Å². The summed E-state index contributed by atoms with van der Waals surface area (Å²) in [4.78, 5) is 20.6. The lowest BCUT2D eigenvalue weighted by atomic mass is 9.91. The van der Waals surface area contributed by atoms with Crippen molar-refractivity contribution in [3.05, 3.63) is 182 Å². The summed E-state index contributed by atoms with van der Waals surface area (Å²) in [6.07, 6.45) is 0. The van der Waals surface area contributed by atoms with Gasteiger partial charge < -0.3 is 0 Å². The number of hydrogen-bond acceptors (Lipinski definition) is 5. The number of thiazole rings is 1. The summed E-state index contributed by atoms with van der Waals surface area (Å²) in [6, 6.07) is 63.3. The Morgan fingerprint density at radius 3 is 1.57 bits per heavy atom. The Hall–Kier alpha value is -6.82. The molecule has 4 nitrogen and oxygen atoms in total. The van der Waals surface area contributed by atoms with Gasteiger partial charge in [0.2, 0.25) is 0 Å². The van der Waals surface area contributed by atoms with Crippen LogP contribution in [0.3, 0.4) is 0 Å². The molecule has 0 radical (unpaired) electrons. The fourth-order valence-electron chi connectivity index (χ4n) is 7.21. The largest absolute Gasteiger partial charge is 0.236 e. The summed E-state index contributed by atoms with van der Waals surface area (Å²) in [6.45, 7) is 0. The Bertz CT molecular complexity index is 2940. The number of benzene rings is 8. The fraction of sp³-hybridized carbons (Fsp3) is 0. The van der Waals surface area contributed by atoms with Crippen molar-refractivity contribution in [1.82, 2.24) is 19.9 Å². The maximum Gasteiger partial charge on any atom is 0.164 e. The molecule has 0 unspecified atom stereocenters. The Balaban J connectivity index is 1.18. The highest BCUT2D eigenvalue weighted by molar-refractivity contribution is 7.22. The molecule has 0 atom stereocenters. The van der Waals surface area contributed by atoms with Gasteiger partial charge in [-0.2, -0.15) is 0 Å². The first-order chi connectivity index (χ1) is 26.3. The van der Waals surface area contributed by atoms with E-state index in [1.807, 2.05) is 24.3 Å². The van der Waals surface area contributed by atoms with Crippen LogP contribution >= 0.6 is 11.3 Å². The maximum atomic E-state index is 5.25. The SMILES string of the molecule is c1ccc(-c2nc(-c3ccc4ccc5ccc6nc(-c7ccccc7)sc6c5c4c3)nc(-c3ccccc3-c3ccccc3-c3ccccc3)n2)cc1. The normalized spacial score (nSPS) is 11.4. The molecule has 0 fully saturated rings. The lowest BCUT2D eigenvalue weighted by Crippen LogP contribution is -2.01. The van der Waals surface area contributed by atoms with E-state index >= 15 is 0 Å². The van der Waals surface area contributed by atoms with Gasteiger partial charge in [-0.15, -0.1) is 11.3 Å². The van der Waals surface area contributed by atoms with Gasteiger partial charge in [-0.1, -0.05) is 170 Å². The smallest absolute Gasteiger partial charge is 0.164 e. The summed E-state index contributed by atoms with van der Waals surface area (Å²) in [5.41, 5.74) is 9.44. The maximum absolute atomic E-state index is 5.25. The standard InChI is InChI=1S/C48H30N4S/c1-4-14-31(15-5-1)37-20-10-11-21-38(37)39-22-12-13-23-40(39)47-51-45(34-16-6-2-7-17-34)50-46(52-47)36-27-25-32-24-26-33-28-29-42-44(43(33)41(32)30-36)53-48(49-42)35-18-8-3-9-19-35/h1-30H. The predicted octanol–water partition coefficient (Wildman–Crippen LogP) is 12.8. The van der Waals surface area contributed by atoms with Crippen molar-refractivity contribution in [2.45, 2.75) is 0 Å². The zero-order chi connectivity index (χ0) is 35.1. The summed E-state index contributed by atoms with van der Waals surface area (Å²) >= 11 is 1.74. The van der Waals surface area contributed by atoms with E-state index in [2.05, 4.69) is 158 Å². The number of fused-ring (bicyclic) bond motifs is 5. The first-order valence-corrected chi connectivity index (χ1v) is 18.5. The van der Waals surface area contributed by atoms with Crippen molar-refractivity contribution in [3.63, 3.8) is 0 Å². The Morgan fingerprint density at radius 2 is 0.849 bits per heavy atom. The minimum atomic E-state index is 0.625. The molecule has 53 heavy (non-hydrogen) atoms. The molecule has 5 heteroatoms. The molecule has 0 N–H and O–H groups in total. The quantitative estimate of drug-likeness (QED) is 0.163. The second-order valence-electron chi connectivity index (χ2n) is 13.0. The first-order valence-electron chi connectivity index (χ1n) is 17.6. The minimum Gasteiger partial charge on any atom is -0.236 e. The van der Waals surface area contributed by atoms with E-state index in [0.717, 1.165) is 65.8 Å². The van der Waals surface area contributed by atoms with Crippen LogP contribution in [0.25, 0.3) is 98.7 Å². The molecule has 0 spiro atoms. The molecule has 10 rings (SSSR count). The van der Waals surface area contributed by atoms with Crippen LogP contribution in [0.2, 0.25) is 0 Å². The molecule has 0 aliphatic heterocycles. The average Bonchev–Trinajstić information content (AvgIpc) is 3.69. The van der Waals surface area contributed by atoms with Crippen molar-refractivity contribution in [3.8, 4) is 67.0 Å². The van der Waals surface area contributed by atoms with Crippen LogP contribution in [0, 0.1) is 0 Å². The van der Waals surface area contributed by atoms with Crippen molar-refractivity contribution >= 4 is 43.1 Å². The van der Waals surface area contributed by atoms with E-state index in [4.69, 9.17) is 19.9 Å². The molecular weight excluding hydrogens is 665 g/mol. The van der Waals surface area contributed by atoms with Crippen LogP contribution in [0.1, 0.15) is 0 Å². The number of nitrogens with zero attached hydrogens (tertiary/aromatic N) is 4. The Kier molecular flexibility index (Phi) is 7.63. The van der Waals surface area contributed by atoms with Gasteiger partial charge in [-0.3, -0.25) is 0 Å². The van der Waals surface area contributed by atoms with E-state index in [1.165, 1.54) is 15.5 Å². The highest BCUT2D eigenvalue weighted by atomic mass is 32.1. The van der Waals surface area contributed by atoms with Gasteiger partial charge in [0.15, 0.2) is 17.5 Å². The molecule has 0 bridgehead atoms. The molecule has 8 aromatic carbocycles. The number of rotatable bonds is 6. The second kappa shape index (κ2) is 13.1. The Morgan fingerprint density at radius 1 is 0.340 bits per heavy atom. The third-order valence-corrected chi connectivity index (χ3v) is 10.9. The van der Waals surface area contributed by atoms with Crippen LogP contribution in [-0.2, 0) is 0 Å². The van der Waals surface area contributed by atoms with Crippen LogP contribution < -0.4 is 0 Å². The minimum absolute atomic E-state index is 0.625. The van der Waals surface area contributed by atoms with Crippen molar-refractivity contribution in [1.29, 1.82) is 0 Å². The van der Waals surface area contributed by atoms with Gasteiger partial charge >= 0.3 is 0 Å². The van der Waals surface area contributed by atoms with Gasteiger partial charge in [0.05, 0.1) is 10.2 Å². The van der Waals surface area contributed by atoms with Gasteiger partial charge in [0.1, 0.15) is 5.01 Å². The van der Waals surface area contributed by atoms with Crippen LogP contribution in [0.5, 0.6) is 0 Å². The molecule has 0 amide bonds. The van der Waals surface area contributed by atoms with Crippen molar-refractivity contribution < 1.29 is 0 Å². The van der Waals surface area contributed by atoms with Gasteiger partial charge in [0.25, 0.3) is 0 Å². The third kappa shape index (κ3) is 5.64. The summed E-state index contributed by atoms with van der Waals surface area (Å²) < 4.78 is 1.18. The van der Waals surface area contributed by atoms with E-state index in [-0.39, 0.29) is 0 Å². The fourth-order valence-corrected chi connectivity index (χ4v) is 8.35.